The molecule has 0 aromatic heterocycles. The molecule has 0 saturated carbocycles. The molecule has 0 spiro atoms. The molecular weight excluding hydrogens is 394 g/mol. The standard InChI is InChI=1S/C25H23NO3S/c1-21-12-16-25(17-13-21)30(28,29)26(18-19-27)24(20-23-10-6-3-7-11-23)15-14-22-8-4-2-5-9-22/h2-13,16-17,20,27H,18-19H2,1H3/b24-20+. The van der Waals surface area contributed by atoms with Crippen molar-refractivity contribution in [3.8, 4) is 11.8 Å². The Balaban J connectivity index is 2.12. The second-order valence-electron chi connectivity index (χ2n) is 6.67. The summed E-state index contributed by atoms with van der Waals surface area (Å²) in [6.07, 6.45) is 1.72. The number of rotatable bonds is 6. The number of hydrogen-bond donors (Lipinski definition) is 1. The lowest BCUT2D eigenvalue weighted by atomic mass is 10.2. The Morgan fingerprint density at radius 2 is 1.53 bits per heavy atom. The monoisotopic (exact) mass is 417 g/mol. The highest BCUT2D eigenvalue weighted by Gasteiger charge is 2.25. The second kappa shape index (κ2) is 9.93. The Morgan fingerprint density at radius 3 is 2.13 bits per heavy atom. The summed E-state index contributed by atoms with van der Waals surface area (Å²) < 4.78 is 27.9. The average Bonchev–Trinajstić information content (AvgIpc) is 2.77. The van der Waals surface area contributed by atoms with Gasteiger partial charge >= 0.3 is 0 Å². The number of aliphatic hydroxyl groups is 1. The molecule has 0 radical (unpaired) electrons. The maximum atomic E-state index is 13.4. The van der Waals surface area contributed by atoms with Crippen molar-refractivity contribution < 1.29 is 13.5 Å². The van der Waals surface area contributed by atoms with Gasteiger partial charge in [-0.2, -0.15) is 0 Å². The SMILES string of the molecule is Cc1ccc(S(=O)(=O)N(CCO)/C(C#Cc2ccccc2)=C/c2ccccc2)cc1. The molecule has 0 aliphatic rings. The lowest BCUT2D eigenvalue weighted by Gasteiger charge is -2.23. The van der Waals surface area contributed by atoms with Gasteiger partial charge in [-0.05, 0) is 48.7 Å². The molecular formula is C25H23NO3S. The van der Waals surface area contributed by atoms with Gasteiger partial charge in [0.1, 0.15) is 5.70 Å². The molecule has 0 saturated heterocycles. The molecule has 0 aliphatic heterocycles. The third-order valence-corrected chi connectivity index (χ3v) is 6.22. The van der Waals surface area contributed by atoms with Crippen molar-refractivity contribution in [3.63, 3.8) is 0 Å². The van der Waals surface area contributed by atoms with Crippen molar-refractivity contribution in [1.82, 2.24) is 4.31 Å². The van der Waals surface area contributed by atoms with Crippen LogP contribution in [-0.2, 0) is 10.0 Å². The summed E-state index contributed by atoms with van der Waals surface area (Å²) in [5, 5.41) is 9.61. The number of benzene rings is 3. The quantitative estimate of drug-likeness (QED) is 0.615. The van der Waals surface area contributed by atoms with E-state index in [0.717, 1.165) is 16.7 Å². The van der Waals surface area contributed by atoms with Gasteiger partial charge in [0.05, 0.1) is 18.0 Å². The summed E-state index contributed by atoms with van der Waals surface area (Å²) in [5.74, 6) is 6.03. The Bertz CT molecular complexity index is 1160. The number of allylic oxidation sites excluding steroid dienone is 1. The van der Waals surface area contributed by atoms with Crippen molar-refractivity contribution in [2.24, 2.45) is 0 Å². The van der Waals surface area contributed by atoms with Crippen LogP contribution in [0.25, 0.3) is 6.08 Å². The Hall–Kier alpha value is -3.33. The van der Waals surface area contributed by atoms with Crippen LogP contribution < -0.4 is 0 Å². The van der Waals surface area contributed by atoms with Crippen LogP contribution >= 0.6 is 0 Å². The van der Waals surface area contributed by atoms with E-state index in [1.165, 1.54) is 4.31 Å². The predicted octanol–water partition coefficient (Wildman–Crippen LogP) is 4.07. The van der Waals surface area contributed by atoms with Crippen LogP contribution in [0.3, 0.4) is 0 Å². The summed E-state index contributed by atoms with van der Waals surface area (Å²) in [5.41, 5.74) is 2.84. The zero-order chi connectivity index (χ0) is 21.4. The van der Waals surface area contributed by atoms with Gasteiger partial charge in [-0.25, -0.2) is 8.42 Å². The highest BCUT2D eigenvalue weighted by Crippen LogP contribution is 2.22. The molecule has 3 aromatic carbocycles. The van der Waals surface area contributed by atoms with Gasteiger partial charge < -0.3 is 5.11 Å². The Labute approximate surface area is 178 Å². The molecule has 0 unspecified atom stereocenters. The maximum Gasteiger partial charge on any atom is 0.264 e. The predicted molar refractivity (Wildman–Crippen MR) is 120 cm³/mol. The van der Waals surface area contributed by atoms with E-state index in [-0.39, 0.29) is 18.0 Å². The molecule has 152 valence electrons. The van der Waals surface area contributed by atoms with E-state index in [1.807, 2.05) is 67.6 Å². The fraction of sp³-hybridized carbons (Fsp3) is 0.120. The normalized spacial score (nSPS) is 11.5. The molecule has 0 bridgehead atoms. The molecule has 5 heteroatoms. The van der Waals surface area contributed by atoms with E-state index in [1.54, 1.807) is 30.3 Å². The van der Waals surface area contributed by atoms with Crippen LogP contribution in [0.5, 0.6) is 0 Å². The molecule has 1 N–H and O–H groups in total. The molecule has 30 heavy (non-hydrogen) atoms. The van der Waals surface area contributed by atoms with E-state index in [0.29, 0.717) is 5.70 Å². The van der Waals surface area contributed by atoms with Crippen molar-refractivity contribution in [1.29, 1.82) is 0 Å². The van der Waals surface area contributed by atoms with Gasteiger partial charge in [0, 0.05) is 5.56 Å². The fourth-order valence-electron chi connectivity index (χ4n) is 2.83. The van der Waals surface area contributed by atoms with Crippen molar-refractivity contribution in [3.05, 3.63) is 107 Å². The van der Waals surface area contributed by atoms with E-state index in [4.69, 9.17) is 0 Å². The zero-order valence-electron chi connectivity index (χ0n) is 16.7. The van der Waals surface area contributed by atoms with Crippen LogP contribution in [0.15, 0.2) is 95.5 Å². The number of aryl methyl sites for hydroxylation is 1. The topological polar surface area (TPSA) is 57.6 Å². The molecule has 0 atom stereocenters. The smallest absolute Gasteiger partial charge is 0.264 e. The average molecular weight is 418 g/mol. The van der Waals surface area contributed by atoms with Gasteiger partial charge in [-0.15, -0.1) is 0 Å². The minimum atomic E-state index is -3.90. The minimum absolute atomic E-state index is 0.0989. The van der Waals surface area contributed by atoms with Gasteiger partial charge in [-0.1, -0.05) is 72.1 Å². The van der Waals surface area contributed by atoms with Gasteiger partial charge in [0.25, 0.3) is 10.0 Å². The summed E-state index contributed by atoms with van der Waals surface area (Å²) in [6.45, 7) is 1.47. The Morgan fingerprint density at radius 1 is 0.933 bits per heavy atom. The maximum absolute atomic E-state index is 13.4. The van der Waals surface area contributed by atoms with Gasteiger partial charge in [0.2, 0.25) is 0 Å². The zero-order valence-corrected chi connectivity index (χ0v) is 17.5. The first-order chi connectivity index (χ1) is 14.5. The third kappa shape index (κ3) is 5.38. The molecule has 0 aliphatic carbocycles. The Kier molecular flexibility index (Phi) is 7.08. The highest BCUT2D eigenvalue weighted by molar-refractivity contribution is 7.89. The molecule has 0 heterocycles. The molecule has 0 amide bonds. The number of hydrogen-bond acceptors (Lipinski definition) is 3. The van der Waals surface area contributed by atoms with Crippen LogP contribution in [-0.4, -0.2) is 31.0 Å². The molecule has 0 fully saturated rings. The molecule has 3 rings (SSSR count). The first kappa shape index (κ1) is 21.4. The second-order valence-corrected chi connectivity index (χ2v) is 8.53. The van der Waals surface area contributed by atoms with Gasteiger partial charge in [-0.3, -0.25) is 4.31 Å². The van der Waals surface area contributed by atoms with Crippen molar-refractivity contribution in [2.45, 2.75) is 11.8 Å². The van der Waals surface area contributed by atoms with E-state index >= 15 is 0 Å². The van der Waals surface area contributed by atoms with Crippen LogP contribution in [0.1, 0.15) is 16.7 Å². The van der Waals surface area contributed by atoms with Crippen molar-refractivity contribution >= 4 is 16.1 Å². The van der Waals surface area contributed by atoms with E-state index < -0.39 is 10.0 Å². The van der Waals surface area contributed by atoms with Crippen molar-refractivity contribution in [2.75, 3.05) is 13.2 Å². The molecule has 3 aromatic rings. The minimum Gasteiger partial charge on any atom is -0.394 e. The lowest BCUT2D eigenvalue weighted by molar-refractivity contribution is 0.271. The number of aliphatic hydroxyl groups excluding tert-OH is 1. The van der Waals surface area contributed by atoms with Gasteiger partial charge in [0.15, 0.2) is 0 Å². The van der Waals surface area contributed by atoms with Crippen LogP contribution in [0, 0.1) is 18.8 Å². The summed E-state index contributed by atoms with van der Waals surface area (Å²) in [7, 11) is -3.90. The molecule has 4 nitrogen and oxygen atoms in total. The lowest BCUT2D eigenvalue weighted by Crippen LogP contribution is -2.32. The van der Waals surface area contributed by atoms with Crippen LogP contribution in [0.4, 0.5) is 0 Å². The summed E-state index contributed by atoms with van der Waals surface area (Å²) >= 11 is 0. The van der Waals surface area contributed by atoms with E-state index in [9.17, 15) is 13.5 Å². The van der Waals surface area contributed by atoms with Crippen LogP contribution in [0.2, 0.25) is 0 Å². The number of sulfonamides is 1. The fourth-order valence-corrected chi connectivity index (χ4v) is 4.25. The highest BCUT2D eigenvalue weighted by atomic mass is 32.2. The summed E-state index contributed by atoms with van der Waals surface area (Å²) in [6, 6.07) is 25.4. The summed E-state index contributed by atoms with van der Waals surface area (Å²) in [4.78, 5) is 0.155. The third-order valence-electron chi connectivity index (χ3n) is 4.39. The number of nitrogens with zero attached hydrogens (tertiary/aromatic N) is 1. The first-order valence-electron chi connectivity index (χ1n) is 9.55. The first-order valence-corrected chi connectivity index (χ1v) is 11.0. The van der Waals surface area contributed by atoms with E-state index in [2.05, 4.69) is 11.8 Å². The largest absolute Gasteiger partial charge is 0.394 e.